The van der Waals surface area contributed by atoms with Crippen molar-refractivity contribution in [2.75, 3.05) is 17.3 Å². The van der Waals surface area contributed by atoms with E-state index in [1.807, 2.05) is 0 Å². The lowest BCUT2D eigenvalue weighted by atomic mass is 10.1. The SMILES string of the molecule is CON1c2cc(F)ccc2CCS1(=O)=O. The van der Waals surface area contributed by atoms with Crippen molar-refractivity contribution < 1.29 is 17.6 Å². The van der Waals surface area contributed by atoms with Crippen LogP contribution < -0.4 is 4.47 Å². The van der Waals surface area contributed by atoms with E-state index in [4.69, 9.17) is 4.84 Å². The Bertz CT molecular complexity index is 486. The number of benzene rings is 1. The predicted octanol–water partition coefficient (Wildman–Crippen LogP) is 1.08. The highest BCUT2D eigenvalue weighted by Crippen LogP contribution is 2.29. The third kappa shape index (κ3) is 1.70. The predicted molar refractivity (Wildman–Crippen MR) is 53.4 cm³/mol. The maximum Gasteiger partial charge on any atom is 0.257 e. The molecule has 0 saturated carbocycles. The molecule has 0 fully saturated rings. The number of fused-ring (bicyclic) bond motifs is 1. The normalized spacial score (nSPS) is 18.7. The lowest BCUT2D eigenvalue weighted by Gasteiger charge is -2.27. The van der Waals surface area contributed by atoms with Gasteiger partial charge in [-0.1, -0.05) is 6.07 Å². The Balaban J connectivity index is 2.59. The fourth-order valence-corrected chi connectivity index (χ4v) is 2.94. The zero-order valence-electron chi connectivity index (χ0n) is 8.10. The summed E-state index contributed by atoms with van der Waals surface area (Å²) in [5, 5.41) is 0. The van der Waals surface area contributed by atoms with Gasteiger partial charge in [0.05, 0.1) is 18.6 Å². The van der Waals surface area contributed by atoms with Crippen molar-refractivity contribution in [3.63, 3.8) is 0 Å². The molecule has 0 aromatic heterocycles. The Morgan fingerprint density at radius 2 is 2.20 bits per heavy atom. The summed E-state index contributed by atoms with van der Waals surface area (Å²) in [6, 6.07) is 4.05. The molecule has 82 valence electrons. The van der Waals surface area contributed by atoms with Gasteiger partial charge < -0.3 is 0 Å². The molecule has 4 nitrogen and oxygen atoms in total. The lowest BCUT2D eigenvalue weighted by Crippen LogP contribution is -2.36. The van der Waals surface area contributed by atoms with Gasteiger partial charge >= 0.3 is 0 Å². The summed E-state index contributed by atoms with van der Waals surface area (Å²) in [5.74, 6) is -0.493. The average molecular weight is 231 g/mol. The molecule has 1 aromatic rings. The number of aryl methyl sites for hydroxylation is 1. The molecule has 0 atom stereocenters. The van der Waals surface area contributed by atoms with Crippen LogP contribution in [-0.4, -0.2) is 21.3 Å². The maximum absolute atomic E-state index is 13.0. The number of hydrogen-bond donors (Lipinski definition) is 0. The first-order valence-electron chi connectivity index (χ1n) is 4.40. The minimum absolute atomic E-state index is 0.0144. The van der Waals surface area contributed by atoms with Gasteiger partial charge in [-0.25, -0.2) is 12.8 Å². The van der Waals surface area contributed by atoms with E-state index < -0.39 is 15.8 Å². The molecular weight excluding hydrogens is 221 g/mol. The summed E-state index contributed by atoms with van der Waals surface area (Å²) >= 11 is 0. The van der Waals surface area contributed by atoms with Crippen molar-refractivity contribution in [2.24, 2.45) is 0 Å². The van der Waals surface area contributed by atoms with E-state index in [-0.39, 0.29) is 11.4 Å². The molecular formula is C9H10FNO3S. The van der Waals surface area contributed by atoms with E-state index in [1.165, 1.54) is 13.2 Å². The number of anilines is 1. The zero-order chi connectivity index (χ0) is 11.1. The fourth-order valence-electron chi connectivity index (χ4n) is 1.60. The maximum atomic E-state index is 13.0. The van der Waals surface area contributed by atoms with Crippen LogP contribution in [0.5, 0.6) is 0 Å². The van der Waals surface area contributed by atoms with Gasteiger partial charge in [0.2, 0.25) is 0 Å². The molecule has 2 rings (SSSR count). The van der Waals surface area contributed by atoms with Gasteiger partial charge in [0.25, 0.3) is 10.0 Å². The molecule has 15 heavy (non-hydrogen) atoms. The minimum Gasteiger partial charge on any atom is -0.262 e. The monoisotopic (exact) mass is 231 g/mol. The molecule has 0 N–H and O–H groups in total. The van der Waals surface area contributed by atoms with E-state index in [0.717, 1.165) is 16.1 Å². The standard InChI is InChI=1S/C9H10FNO3S/c1-14-11-9-6-8(10)3-2-7(9)4-5-15(11,12)13/h2-3,6H,4-5H2,1H3. The van der Waals surface area contributed by atoms with Crippen molar-refractivity contribution in [1.29, 1.82) is 0 Å². The van der Waals surface area contributed by atoms with Crippen LogP contribution in [0.4, 0.5) is 10.1 Å². The van der Waals surface area contributed by atoms with Crippen LogP contribution in [0.1, 0.15) is 5.56 Å². The van der Waals surface area contributed by atoms with E-state index in [9.17, 15) is 12.8 Å². The van der Waals surface area contributed by atoms with Crippen molar-refractivity contribution in [1.82, 2.24) is 0 Å². The smallest absolute Gasteiger partial charge is 0.257 e. The molecule has 0 amide bonds. The molecule has 0 unspecified atom stereocenters. The van der Waals surface area contributed by atoms with E-state index in [1.54, 1.807) is 6.07 Å². The van der Waals surface area contributed by atoms with Crippen LogP contribution in [0.15, 0.2) is 18.2 Å². The van der Waals surface area contributed by atoms with Crippen molar-refractivity contribution in [3.8, 4) is 0 Å². The molecule has 6 heteroatoms. The van der Waals surface area contributed by atoms with Crippen LogP contribution in [0, 0.1) is 5.82 Å². The van der Waals surface area contributed by atoms with Gasteiger partial charge in [-0.05, 0) is 18.1 Å². The lowest BCUT2D eigenvalue weighted by molar-refractivity contribution is 0.214. The Morgan fingerprint density at radius 3 is 2.87 bits per heavy atom. The van der Waals surface area contributed by atoms with Crippen molar-refractivity contribution >= 4 is 15.7 Å². The average Bonchev–Trinajstić information content (AvgIpc) is 2.16. The van der Waals surface area contributed by atoms with E-state index in [0.29, 0.717) is 6.42 Å². The molecule has 0 radical (unpaired) electrons. The van der Waals surface area contributed by atoms with Gasteiger partial charge in [0, 0.05) is 6.07 Å². The highest BCUT2D eigenvalue weighted by molar-refractivity contribution is 7.92. The largest absolute Gasteiger partial charge is 0.262 e. The zero-order valence-corrected chi connectivity index (χ0v) is 8.92. The summed E-state index contributed by atoms with van der Waals surface area (Å²) in [5.41, 5.74) is 1.04. The number of sulfonamides is 1. The summed E-state index contributed by atoms with van der Waals surface area (Å²) in [7, 11) is -2.21. The van der Waals surface area contributed by atoms with Gasteiger partial charge in [-0.2, -0.15) is 0 Å². The van der Waals surface area contributed by atoms with Crippen molar-refractivity contribution in [3.05, 3.63) is 29.6 Å². The molecule has 1 heterocycles. The van der Waals surface area contributed by atoms with Gasteiger partial charge in [-0.15, -0.1) is 4.47 Å². The van der Waals surface area contributed by atoms with Crippen LogP contribution in [0.25, 0.3) is 0 Å². The van der Waals surface area contributed by atoms with Crippen LogP contribution in [0.2, 0.25) is 0 Å². The number of nitrogens with zero attached hydrogens (tertiary/aromatic N) is 1. The Morgan fingerprint density at radius 1 is 1.47 bits per heavy atom. The Hall–Kier alpha value is -1.14. The minimum atomic E-state index is -3.46. The highest BCUT2D eigenvalue weighted by Gasteiger charge is 2.30. The first kappa shape index (κ1) is 10.4. The molecule has 1 aliphatic rings. The Kier molecular flexibility index (Phi) is 2.40. The third-order valence-corrected chi connectivity index (χ3v) is 3.86. The second kappa shape index (κ2) is 3.46. The van der Waals surface area contributed by atoms with Gasteiger partial charge in [-0.3, -0.25) is 4.84 Å². The van der Waals surface area contributed by atoms with Crippen LogP contribution in [0.3, 0.4) is 0 Å². The summed E-state index contributed by atoms with van der Waals surface area (Å²) in [6.07, 6.45) is 0.387. The topological polar surface area (TPSA) is 46.6 Å². The van der Waals surface area contributed by atoms with Crippen LogP contribution in [-0.2, 0) is 21.3 Å². The quantitative estimate of drug-likeness (QED) is 0.726. The Labute approximate surface area is 87.3 Å². The first-order valence-corrected chi connectivity index (χ1v) is 6.01. The molecule has 1 aromatic carbocycles. The molecule has 1 aliphatic heterocycles. The second-order valence-corrected chi connectivity index (χ2v) is 5.15. The summed E-state index contributed by atoms with van der Waals surface area (Å²) in [6.45, 7) is 0. The number of rotatable bonds is 1. The van der Waals surface area contributed by atoms with E-state index >= 15 is 0 Å². The van der Waals surface area contributed by atoms with Crippen molar-refractivity contribution in [2.45, 2.75) is 6.42 Å². The fraction of sp³-hybridized carbons (Fsp3) is 0.333. The van der Waals surface area contributed by atoms with Gasteiger partial charge in [0.15, 0.2) is 0 Å². The summed E-state index contributed by atoms with van der Waals surface area (Å²) in [4.78, 5) is 4.77. The molecule has 0 aliphatic carbocycles. The molecule has 0 bridgehead atoms. The number of halogens is 1. The van der Waals surface area contributed by atoms with Gasteiger partial charge in [0.1, 0.15) is 5.82 Å². The number of hydrogen-bond acceptors (Lipinski definition) is 3. The summed E-state index contributed by atoms with van der Waals surface area (Å²) < 4.78 is 36.9. The molecule has 0 saturated heterocycles. The highest BCUT2D eigenvalue weighted by atomic mass is 32.2. The van der Waals surface area contributed by atoms with E-state index in [2.05, 4.69) is 0 Å². The second-order valence-electron chi connectivity index (χ2n) is 3.25. The first-order chi connectivity index (χ1) is 7.04. The third-order valence-electron chi connectivity index (χ3n) is 2.29. The van der Waals surface area contributed by atoms with Crippen LogP contribution >= 0.6 is 0 Å². The molecule has 0 spiro atoms.